The number of nitrogens with one attached hydrogen (secondary N) is 1. The molecule has 0 bridgehead atoms. The van der Waals surface area contributed by atoms with E-state index in [-0.39, 0.29) is 11.5 Å². The first-order valence-corrected chi connectivity index (χ1v) is 7.40. The van der Waals surface area contributed by atoms with Crippen LogP contribution in [0.5, 0.6) is 0 Å². The van der Waals surface area contributed by atoms with E-state index in [4.69, 9.17) is 4.84 Å². The van der Waals surface area contributed by atoms with Gasteiger partial charge in [-0.15, -0.1) is 0 Å². The zero-order valence-corrected chi connectivity index (χ0v) is 12.4. The molecule has 2 aromatic heterocycles. The third kappa shape index (κ3) is 3.71. The molecule has 2 aromatic rings. The van der Waals surface area contributed by atoms with Crippen LogP contribution in [0.3, 0.4) is 0 Å². The van der Waals surface area contributed by atoms with Crippen LogP contribution in [0.15, 0.2) is 30.6 Å². The average Bonchev–Trinajstić information content (AvgIpc) is 2.61. The van der Waals surface area contributed by atoms with Crippen LogP contribution < -0.4 is 5.48 Å². The van der Waals surface area contributed by atoms with Gasteiger partial charge in [0.05, 0.1) is 11.3 Å². The van der Waals surface area contributed by atoms with Crippen molar-refractivity contribution in [3.63, 3.8) is 0 Å². The van der Waals surface area contributed by atoms with E-state index < -0.39 is 12.0 Å². The Hall–Kier alpha value is -2.77. The summed E-state index contributed by atoms with van der Waals surface area (Å²) in [5.74, 6) is -0.543. The highest BCUT2D eigenvalue weighted by Crippen LogP contribution is 2.19. The topological polar surface area (TPSA) is 80.2 Å². The summed E-state index contributed by atoms with van der Waals surface area (Å²) >= 11 is 0. The molecule has 8 heteroatoms. The van der Waals surface area contributed by atoms with E-state index in [9.17, 15) is 9.18 Å². The van der Waals surface area contributed by atoms with Gasteiger partial charge in [0.1, 0.15) is 0 Å². The van der Waals surface area contributed by atoms with Crippen LogP contribution in [0.25, 0.3) is 11.3 Å². The molecule has 0 aliphatic carbocycles. The van der Waals surface area contributed by atoms with Gasteiger partial charge in [-0.05, 0) is 37.5 Å². The number of hydrogen-bond acceptors (Lipinski definition) is 6. The van der Waals surface area contributed by atoms with Crippen LogP contribution in [0, 0.1) is 5.95 Å². The number of likely N-dealkylation sites (tertiary alicyclic amines) is 1. The standard InChI is InChI=1S/C15H16FN5O2/c16-13-11(5-4-7-17-13)12-6-8-18-14(19-12)20-23-15(22)21-9-2-1-3-10-21/h4-8H,1-3,9-10H2,(H,18,19,20). The maximum Gasteiger partial charge on any atom is 0.434 e. The molecule has 1 fully saturated rings. The quantitative estimate of drug-likeness (QED) is 0.692. The highest BCUT2D eigenvalue weighted by molar-refractivity contribution is 5.68. The fourth-order valence-electron chi connectivity index (χ4n) is 2.37. The minimum Gasteiger partial charge on any atom is -0.321 e. The summed E-state index contributed by atoms with van der Waals surface area (Å²) in [4.78, 5) is 30.2. The first-order valence-electron chi connectivity index (χ1n) is 7.40. The molecule has 7 nitrogen and oxygen atoms in total. The van der Waals surface area contributed by atoms with Gasteiger partial charge in [0.25, 0.3) is 5.95 Å². The summed E-state index contributed by atoms with van der Waals surface area (Å²) in [6, 6.07) is 4.73. The van der Waals surface area contributed by atoms with Crippen LogP contribution in [0.1, 0.15) is 19.3 Å². The average molecular weight is 317 g/mol. The number of amides is 1. The van der Waals surface area contributed by atoms with Gasteiger partial charge in [-0.25, -0.2) is 19.7 Å². The van der Waals surface area contributed by atoms with E-state index in [1.807, 2.05) is 0 Å². The van der Waals surface area contributed by atoms with Crippen LogP contribution in [-0.4, -0.2) is 39.0 Å². The van der Waals surface area contributed by atoms with Gasteiger partial charge >= 0.3 is 6.09 Å². The number of carbonyl (C=O) groups excluding carboxylic acids is 1. The van der Waals surface area contributed by atoms with Crippen molar-refractivity contribution < 1.29 is 14.0 Å². The van der Waals surface area contributed by atoms with Gasteiger partial charge in [0.15, 0.2) is 0 Å². The molecule has 3 rings (SSSR count). The number of hydrogen-bond donors (Lipinski definition) is 1. The number of halogens is 1. The molecule has 1 aliphatic rings. The van der Waals surface area contributed by atoms with Gasteiger partial charge in [-0.3, -0.25) is 0 Å². The largest absolute Gasteiger partial charge is 0.434 e. The van der Waals surface area contributed by atoms with Gasteiger partial charge in [0, 0.05) is 25.5 Å². The summed E-state index contributed by atoms with van der Waals surface area (Å²) in [5.41, 5.74) is 3.01. The van der Waals surface area contributed by atoms with E-state index in [0.717, 1.165) is 19.3 Å². The number of rotatable bonds is 3. The third-order valence-corrected chi connectivity index (χ3v) is 3.53. The second-order valence-corrected chi connectivity index (χ2v) is 5.13. The molecule has 0 unspecified atom stereocenters. The highest BCUT2D eigenvalue weighted by Gasteiger charge is 2.18. The molecule has 0 radical (unpaired) electrons. The van der Waals surface area contributed by atoms with Crippen LogP contribution >= 0.6 is 0 Å². The Labute approximate surface area is 132 Å². The Morgan fingerprint density at radius 1 is 1.17 bits per heavy atom. The summed E-state index contributed by atoms with van der Waals surface area (Å²) in [7, 11) is 0. The Morgan fingerprint density at radius 3 is 2.78 bits per heavy atom. The molecule has 0 atom stereocenters. The van der Waals surface area contributed by atoms with Gasteiger partial charge in [-0.2, -0.15) is 9.87 Å². The first-order chi connectivity index (χ1) is 11.2. The molecule has 0 aromatic carbocycles. The molecule has 120 valence electrons. The summed E-state index contributed by atoms with van der Waals surface area (Å²) in [6.45, 7) is 1.37. The maximum atomic E-state index is 13.7. The van der Waals surface area contributed by atoms with Crippen molar-refractivity contribution in [2.75, 3.05) is 18.6 Å². The second kappa shape index (κ2) is 6.99. The molecule has 3 heterocycles. The summed E-state index contributed by atoms with van der Waals surface area (Å²) in [6.07, 6.45) is 5.42. The lowest BCUT2D eigenvalue weighted by molar-refractivity contribution is 0.113. The fourth-order valence-corrected chi connectivity index (χ4v) is 2.37. The number of pyridine rings is 1. The fraction of sp³-hybridized carbons (Fsp3) is 0.333. The highest BCUT2D eigenvalue weighted by atomic mass is 19.1. The van der Waals surface area contributed by atoms with E-state index >= 15 is 0 Å². The zero-order valence-electron chi connectivity index (χ0n) is 12.4. The van der Waals surface area contributed by atoms with E-state index in [2.05, 4.69) is 20.4 Å². The van der Waals surface area contributed by atoms with Crippen molar-refractivity contribution in [1.82, 2.24) is 19.9 Å². The second-order valence-electron chi connectivity index (χ2n) is 5.13. The molecule has 0 spiro atoms. The molecule has 23 heavy (non-hydrogen) atoms. The van der Waals surface area contributed by atoms with Crippen LogP contribution in [0.4, 0.5) is 15.1 Å². The van der Waals surface area contributed by atoms with Crippen LogP contribution in [0.2, 0.25) is 0 Å². The van der Waals surface area contributed by atoms with Crippen molar-refractivity contribution in [2.45, 2.75) is 19.3 Å². The van der Waals surface area contributed by atoms with E-state index in [0.29, 0.717) is 18.8 Å². The van der Waals surface area contributed by atoms with Crippen molar-refractivity contribution in [1.29, 1.82) is 0 Å². The first kappa shape index (κ1) is 15.1. The van der Waals surface area contributed by atoms with Crippen LogP contribution in [-0.2, 0) is 4.84 Å². The summed E-state index contributed by atoms with van der Waals surface area (Å²) < 4.78 is 13.7. The Kier molecular flexibility index (Phi) is 4.60. The number of aromatic nitrogens is 3. The number of anilines is 1. The van der Waals surface area contributed by atoms with E-state index in [1.54, 1.807) is 23.1 Å². The Morgan fingerprint density at radius 2 is 2.00 bits per heavy atom. The van der Waals surface area contributed by atoms with Crippen molar-refractivity contribution in [3.05, 3.63) is 36.5 Å². The molecule has 1 amide bonds. The van der Waals surface area contributed by atoms with E-state index in [1.165, 1.54) is 12.4 Å². The molecule has 1 N–H and O–H groups in total. The predicted molar refractivity (Wildman–Crippen MR) is 80.7 cm³/mol. The summed E-state index contributed by atoms with van der Waals surface area (Å²) in [5, 5.41) is 0. The smallest absolute Gasteiger partial charge is 0.321 e. The normalized spacial score (nSPS) is 14.4. The zero-order chi connectivity index (χ0) is 16.1. The number of piperidine rings is 1. The predicted octanol–water partition coefficient (Wildman–Crippen LogP) is 2.63. The molecular formula is C15H16FN5O2. The lowest BCUT2D eigenvalue weighted by Crippen LogP contribution is -2.37. The van der Waals surface area contributed by atoms with Gasteiger partial charge in [0.2, 0.25) is 5.95 Å². The maximum absolute atomic E-state index is 13.7. The van der Waals surface area contributed by atoms with Crippen molar-refractivity contribution in [2.24, 2.45) is 0 Å². The van der Waals surface area contributed by atoms with Gasteiger partial charge in [-0.1, -0.05) is 0 Å². The lowest BCUT2D eigenvalue weighted by Gasteiger charge is -2.25. The molecule has 0 saturated carbocycles. The molecule has 1 saturated heterocycles. The molecule has 1 aliphatic heterocycles. The lowest BCUT2D eigenvalue weighted by atomic mass is 10.1. The Bertz CT molecular complexity index is 691. The van der Waals surface area contributed by atoms with Gasteiger partial charge < -0.3 is 9.74 Å². The minimum absolute atomic E-state index is 0.0797. The number of nitrogens with zero attached hydrogens (tertiary/aromatic N) is 4. The van der Waals surface area contributed by atoms with Crippen molar-refractivity contribution >= 4 is 12.0 Å². The van der Waals surface area contributed by atoms with Crippen molar-refractivity contribution in [3.8, 4) is 11.3 Å². The SMILES string of the molecule is O=C(ONc1nccc(-c2cccnc2F)n1)N1CCCCC1. The Balaban J connectivity index is 1.66. The molecular weight excluding hydrogens is 301 g/mol. The third-order valence-electron chi connectivity index (χ3n) is 3.53. The number of carbonyl (C=O) groups is 1. The monoisotopic (exact) mass is 317 g/mol. The minimum atomic E-state index is -0.623.